The number of rotatable bonds is 2. The van der Waals surface area contributed by atoms with Crippen molar-refractivity contribution in [3.05, 3.63) is 0 Å². The number of hydrogen-bond donors (Lipinski definition) is 1. The first-order valence-electron chi connectivity index (χ1n) is 4.85. The van der Waals surface area contributed by atoms with Crippen molar-refractivity contribution in [3.63, 3.8) is 0 Å². The number of nitrogens with zero attached hydrogens (tertiary/aromatic N) is 1. The van der Waals surface area contributed by atoms with E-state index in [1.807, 2.05) is 4.90 Å². The molecule has 2 heterocycles. The summed E-state index contributed by atoms with van der Waals surface area (Å²) in [6, 6.07) is -0.602. The summed E-state index contributed by atoms with van der Waals surface area (Å²) in [6.45, 7) is 0.770. The Hall–Kier alpha value is -0.220. The van der Waals surface area contributed by atoms with Crippen LogP contribution in [0.15, 0.2) is 0 Å². The van der Waals surface area contributed by atoms with Crippen LogP contribution in [0.5, 0.6) is 0 Å². The third-order valence-corrected chi connectivity index (χ3v) is 3.54. The van der Waals surface area contributed by atoms with E-state index in [0.717, 1.165) is 25.8 Å². The topological polar surface area (TPSA) is 23.5 Å². The number of fused-ring (bicyclic) bond motifs is 1. The molecule has 0 aromatic rings. The Bertz CT molecular complexity index is 200. The van der Waals surface area contributed by atoms with Crippen molar-refractivity contribution in [2.45, 2.75) is 43.7 Å². The normalized spacial score (nSPS) is 40.2. The molecule has 2 rings (SSSR count). The van der Waals surface area contributed by atoms with E-state index in [1.54, 1.807) is 0 Å². The average Bonchev–Trinajstić information content (AvgIpc) is 2.59. The van der Waals surface area contributed by atoms with Crippen molar-refractivity contribution in [2.75, 3.05) is 13.2 Å². The molecule has 13 heavy (non-hydrogen) atoms. The smallest absolute Gasteiger partial charge is 0.253 e. The first-order chi connectivity index (χ1) is 6.19. The van der Waals surface area contributed by atoms with Gasteiger partial charge in [-0.25, -0.2) is 8.78 Å². The number of aliphatic hydroxyl groups excluding tert-OH is 1. The molecule has 0 aromatic carbocycles. The van der Waals surface area contributed by atoms with Gasteiger partial charge in [0.1, 0.15) is 0 Å². The van der Waals surface area contributed by atoms with Crippen LogP contribution in [0.4, 0.5) is 8.78 Å². The molecule has 76 valence electrons. The lowest BCUT2D eigenvalue weighted by molar-refractivity contribution is 0.00627. The fourth-order valence-electron chi connectivity index (χ4n) is 2.83. The lowest BCUT2D eigenvalue weighted by atomic mass is 9.95. The zero-order valence-electron chi connectivity index (χ0n) is 7.55. The van der Waals surface area contributed by atoms with Crippen LogP contribution < -0.4 is 0 Å². The Morgan fingerprint density at radius 1 is 1.46 bits per heavy atom. The number of halogens is 2. The Kier molecular flexibility index (Phi) is 2.28. The van der Waals surface area contributed by atoms with Gasteiger partial charge in [-0.05, 0) is 32.2 Å². The number of alkyl halides is 2. The predicted octanol–water partition coefficient (Wildman–Crippen LogP) is 1.24. The van der Waals surface area contributed by atoms with Crippen LogP contribution in [-0.2, 0) is 0 Å². The van der Waals surface area contributed by atoms with Crippen LogP contribution in [-0.4, -0.2) is 41.2 Å². The van der Waals surface area contributed by atoms with Crippen LogP contribution in [0, 0.1) is 0 Å². The predicted molar refractivity (Wildman–Crippen MR) is 44.8 cm³/mol. The molecule has 2 atom stereocenters. The van der Waals surface area contributed by atoms with E-state index >= 15 is 0 Å². The molecule has 0 saturated carbocycles. The van der Waals surface area contributed by atoms with Gasteiger partial charge in [-0.3, -0.25) is 4.90 Å². The van der Waals surface area contributed by atoms with Gasteiger partial charge in [0.25, 0.3) is 6.43 Å². The molecule has 0 aromatic heterocycles. The fourth-order valence-corrected chi connectivity index (χ4v) is 2.83. The Morgan fingerprint density at radius 2 is 2.23 bits per heavy atom. The summed E-state index contributed by atoms with van der Waals surface area (Å²) in [7, 11) is 0. The van der Waals surface area contributed by atoms with E-state index in [2.05, 4.69) is 0 Å². The molecule has 2 aliphatic rings. The van der Waals surface area contributed by atoms with E-state index < -0.39 is 12.5 Å². The summed E-state index contributed by atoms with van der Waals surface area (Å²) >= 11 is 0. The molecule has 2 aliphatic heterocycles. The van der Waals surface area contributed by atoms with Crippen molar-refractivity contribution in [1.82, 2.24) is 4.90 Å². The minimum Gasteiger partial charge on any atom is -0.394 e. The molecule has 0 radical (unpaired) electrons. The summed E-state index contributed by atoms with van der Waals surface area (Å²) in [6.07, 6.45) is 0.847. The molecule has 4 heteroatoms. The molecular weight excluding hydrogens is 176 g/mol. The molecule has 2 unspecified atom stereocenters. The van der Waals surface area contributed by atoms with E-state index in [1.165, 1.54) is 0 Å². The minimum atomic E-state index is -2.26. The van der Waals surface area contributed by atoms with Crippen LogP contribution in [0.3, 0.4) is 0 Å². The highest BCUT2D eigenvalue weighted by atomic mass is 19.3. The van der Waals surface area contributed by atoms with E-state index in [9.17, 15) is 13.9 Å². The Morgan fingerprint density at radius 3 is 2.85 bits per heavy atom. The second-order valence-corrected chi connectivity index (χ2v) is 4.12. The van der Waals surface area contributed by atoms with Crippen molar-refractivity contribution in [2.24, 2.45) is 0 Å². The van der Waals surface area contributed by atoms with E-state index in [0.29, 0.717) is 6.42 Å². The maximum atomic E-state index is 12.6. The van der Waals surface area contributed by atoms with E-state index in [4.69, 9.17) is 0 Å². The monoisotopic (exact) mass is 191 g/mol. The molecular formula is C9H15F2NO. The highest BCUT2D eigenvalue weighted by Gasteiger charge is 2.51. The highest BCUT2D eigenvalue weighted by Crippen LogP contribution is 2.43. The quantitative estimate of drug-likeness (QED) is 0.710. The first kappa shape index (κ1) is 9.34. The average molecular weight is 191 g/mol. The van der Waals surface area contributed by atoms with Crippen molar-refractivity contribution >= 4 is 0 Å². The van der Waals surface area contributed by atoms with Crippen molar-refractivity contribution in [1.29, 1.82) is 0 Å². The Labute approximate surface area is 76.5 Å². The van der Waals surface area contributed by atoms with Crippen molar-refractivity contribution < 1.29 is 13.9 Å². The maximum absolute atomic E-state index is 12.6. The van der Waals surface area contributed by atoms with Crippen LogP contribution >= 0.6 is 0 Å². The first-order valence-corrected chi connectivity index (χ1v) is 4.85. The summed E-state index contributed by atoms with van der Waals surface area (Å²) in [4.78, 5) is 1.83. The van der Waals surface area contributed by atoms with Gasteiger partial charge in [0.2, 0.25) is 0 Å². The van der Waals surface area contributed by atoms with Crippen molar-refractivity contribution in [3.8, 4) is 0 Å². The molecule has 0 aliphatic carbocycles. The standard InChI is InChI=1S/C9H15F2NO/c10-8(11)7-2-4-9(6-13)3-1-5-12(7)9/h7-8,13H,1-6H2. The lowest BCUT2D eigenvalue weighted by Gasteiger charge is -2.32. The zero-order valence-corrected chi connectivity index (χ0v) is 7.55. The van der Waals surface area contributed by atoms with Gasteiger partial charge in [0.05, 0.1) is 12.6 Å². The molecule has 0 amide bonds. The van der Waals surface area contributed by atoms with Gasteiger partial charge in [-0.2, -0.15) is 0 Å². The Balaban J connectivity index is 2.15. The largest absolute Gasteiger partial charge is 0.394 e. The van der Waals surface area contributed by atoms with Gasteiger partial charge >= 0.3 is 0 Å². The number of aliphatic hydroxyl groups is 1. The molecule has 2 saturated heterocycles. The molecule has 0 spiro atoms. The second kappa shape index (κ2) is 3.17. The molecule has 1 N–H and O–H groups in total. The summed E-state index contributed by atoms with van der Waals surface area (Å²) in [5.74, 6) is 0. The fraction of sp³-hybridized carbons (Fsp3) is 1.00. The second-order valence-electron chi connectivity index (χ2n) is 4.12. The van der Waals surface area contributed by atoms with Crippen LogP contribution in [0.1, 0.15) is 25.7 Å². The van der Waals surface area contributed by atoms with Gasteiger partial charge in [-0.1, -0.05) is 0 Å². The van der Waals surface area contributed by atoms with Crippen LogP contribution in [0.2, 0.25) is 0 Å². The van der Waals surface area contributed by atoms with Gasteiger partial charge in [0.15, 0.2) is 0 Å². The van der Waals surface area contributed by atoms with Gasteiger partial charge in [0, 0.05) is 5.54 Å². The summed E-state index contributed by atoms with van der Waals surface area (Å²) in [5.41, 5.74) is -0.291. The van der Waals surface area contributed by atoms with Gasteiger partial charge < -0.3 is 5.11 Å². The lowest BCUT2D eigenvalue weighted by Crippen LogP contribution is -2.47. The maximum Gasteiger partial charge on any atom is 0.253 e. The summed E-state index contributed by atoms with van der Waals surface area (Å²) in [5, 5.41) is 9.24. The molecule has 2 fully saturated rings. The SMILES string of the molecule is OCC12CCCN1C(C(F)F)CC2. The highest BCUT2D eigenvalue weighted by molar-refractivity contribution is 5.04. The van der Waals surface area contributed by atoms with Gasteiger partial charge in [-0.15, -0.1) is 0 Å². The van der Waals surface area contributed by atoms with Crippen LogP contribution in [0.25, 0.3) is 0 Å². The molecule has 0 bridgehead atoms. The molecule has 2 nitrogen and oxygen atoms in total. The zero-order chi connectivity index (χ0) is 9.47. The summed E-state index contributed by atoms with van der Waals surface area (Å²) < 4.78 is 25.1. The van der Waals surface area contributed by atoms with E-state index in [-0.39, 0.29) is 12.1 Å². The minimum absolute atomic E-state index is 0.0379. The third-order valence-electron chi connectivity index (χ3n) is 3.54. The number of hydrogen-bond acceptors (Lipinski definition) is 2. The third kappa shape index (κ3) is 1.27.